The van der Waals surface area contributed by atoms with Crippen molar-refractivity contribution < 1.29 is 4.74 Å². The maximum absolute atomic E-state index is 5.35. The van der Waals surface area contributed by atoms with Gasteiger partial charge in [-0.25, -0.2) is 0 Å². The van der Waals surface area contributed by atoms with Crippen molar-refractivity contribution in [3.8, 4) is 5.75 Å². The zero-order chi connectivity index (χ0) is 16.8. The van der Waals surface area contributed by atoms with Crippen molar-refractivity contribution in [3.05, 3.63) is 66.4 Å². The number of anilines is 3. The molecule has 0 aliphatic heterocycles. The van der Waals surface area contributed by atoms with Crippen molar-refractivity contribution in [2.75, 3.05) is 24.4 Å². The van der Waals surface area contributed by atoms with Crippen LogP contribution in [0.3, 0.4) is 0 Å². The summed E-state index contributed by atoms with van der Waals surface area (Å²) in [5, 5.41) is 11.3. The number of hydrogen-bond acceptors (Lipinski definition) is 6. The lowest BCUT2D eigenvalue weighted by Crippen LogP contribution is -2.14. The third kappa shape index (κ3) is 3.60. The molecule has 0 fully saturated rings. The number of aromatic nitrogens is 3. The molecule has 1 heterocycles. The third-order valence-electron chi connectivity index (χ3n) is 3.66. The summed E-state index contributed by atoms with van der Waals surface area (Å²) in [6, 6.07) is 17.8. The van der Waals surface area contributed by atoms with Crippen LogP contribution < -0.4 is 15.0 Å². The summed E-state index contributed by atoms with van der Waals surface area (Å²) in [4.78, 5) is 6.48. The highest BCUT2D eigenvalue weighted by Crippen LogP contribution is 2.21. The van der Waals surface area contributed by atoms with Gasteiger partial charge in [0.15, 0.2) is 5.82 Å². The van der Waals surface area contributed by atoms with Crippen molar-refractivity contribution >= 4 is 17.5 Å². The number of nitrogens with one attached hydrogen (secondary N) is 1. The van der Waals surface area contributed by atoms with Crippen LogP contribution >= 0.6 is 0 Å². The van der Waals surface area contributed by atoms with Gasteiger partial charge in [-0.1, -0.05) is 36.4 Å². The molecule has 1 N–H and O–H groups in total. The van der Waals surface area contributed by atoms with E-state index in [2.05, 4.69) is 20.5 Å². The summed E-state index contributed by atoms with van der Waals surface area (Å²) in [6.07, 6.45) is 1.64. The monoisotopic (exact) mass is 321 g/mol. The van der Waals surface area contributed by atoms with Gasteiger partial charge in [-0.05, 0) is 18.2 Å². The average Bonchev–Trinajstić information content (AvgIpc) is 2.67. The van der Waals surface area contributed by atoms with E-state index in [1.807, 2.05) is 66.5 Å². The minimum Gasteiger partial charge on any atom is -0.496 e. The van der Waals surface area contributed by atoms with Crippen LogP contribution in [0.4, 0.5) is 17.5 Å². The lowest BCUT2D eigenvalue weighted by atomic mass is 10.2. The topological polar surface area (TPSA) is 63.2 Å². The Hall–Kier alpha value is -3.15. The van der Waals surface area contributed by atoms with Gasteiger partial charge >= 0.3 is 0 Å². The molecule has 0 aliphatic carbocycles. The van der Waals surface area contributed by atoms with Crippen molar-refractivity contribution in [2.45, 2.75) is 6.54 Å². The zero-order valence-corrected chi connectivity index (χ0v) is 13.7. The van der Waals surface area contributed by atoms with Crippen molar-refractivity contribution in [1.82, 2.24) is 15.2 Å². The van der Waals surface area contributed by atoms with E-state index in [9.17, 15) is 0 Å². The molecular formula is C18H19N5O. The standard InChI is InChI=1S/C18H19N5O/c1-23(15-9-4-3-5-10-15)17-13-20-22-18(21-17)19-12-14-8-6-7-11-16(14)24-2/h3-11,13H,12H2,1-2H3,(H,19,21,22). The van der Waals surface area contributed by atoms with Gasteiger partial charge in [0.1, 0.15) is 5.75 Å². The van der Waals surface area contributed by atoms with Crippen molar-refractivity contribution in [1.29, 1.82) is 0 Å². The smallest absolute Gasteiger partial charge is 0.244 e. The Morgan fingerprint density at radius 2 is 1.79 bits per heavy atom. The van der Waals surface area contributed by atoms with Crippen LogP contribution in [0.5, 0.6) is 5.75 Å². The second-order valence-electron chi connectivity index (χ2n) is 5.20. The normalized spacial score (nSPS) is 10.2. The Morgan fingerprint density at radius 1 is 1.04 bits per heavy atom. The number of para-hydroxylation sites is 2. The Morgan fingerprint density at radius 3 is 2.58 bits per heavy atom. The Kier molecular flexibility index (Phi) is 4.86. The van der Waals surface area contributed by atoms with Gasteiger partial charge in [-0.15, -0.1) is 5.10 Å². The molecule has 2 aromatic carbocycles. The predicted molar refractivity (Wildman–Crippen MR) is 94.7 cm³/mol. The summed E-state index contributed by atoms with van der Waals surface area (Å²) in [7, 11) is 3.61. The molecule has 6 heteroatoms. The largest absolute Gasteiger partial charge is 0.496 e. The summed E-state index contributed by atoms with van der Waals surface area (Å²) < 4.78 is 5.35. The average molecular weight is 321 g/mol. The number of hydrogen-bond donors (Lipinski definition) is 1. The zero-order valence-electron chi connectivity index (χ0n) is 13.7. The van der Waals surface area contributed by atoms with Crippen LogP contribution in [-0.4, -0.2) is 29.3 Å². The van der Waals surface area contributed by atoms with Gasteiger partial charge in [0, 0.05) is 24.8 Å². The van der Waals surface area contributed by atoms with E-state index in [-0.39, 0.29) is 0 Å². The van der Waals surface area contributed by atoms with Crippen molar-refractivity contribution in [3.63, 3.8) is 0 Å². The molecule has 122 valence electrons. The number of methoxy groups -OCH3 is 1. The highest BCUT2D eigenvalue weighted by Gasteiger charge is 2.08. The van der Waals surface area contributed by atoms with E-state index in [0.717, 1.165) is 22.8 Å². The molecule has 3 aromatic rings. The van der Waals surface area contributed by atoms with Gasteiger partial charge in [-0.2, -0.15) is 10.1 Å². The number of nitrogens with zero attached hydrogens (tertiary/aromatic N) is 4. The Balaban J connectivity index is 1.74. The van der Waals surface area contributed by atoms with E-state index in [1.165, 1.54) is 0 Å². The summed E-state index contributed by atoms with van der Waals surface area (Å²) in [6.45, 7) is 0.560. The first-order valence-electron chi connectivity index (χ1n) is 7.62. The molecule has 0 aliphatic rings. The van der Waals surface area contributed by atoms with Crippen LogP contribution in [0.25, 0.3) is 0 Å². The second kappa shape index (κ2) is 7.41. The quantitative estimate of drug-likeness (QED) is 0.752. The lowest BCUT2D eigenvalue weighted by molar-refractivity contribution is 0.410. The van der Waals surface area contributed by atoms with E-state index in [4.69, 9.17) is 4.74 Å². The van der Waals surface area contributed by atoms with Crippen LogP contribution in [0.15, 0.2) is 60.8 Å². The molecule has 0 saturated carbocycles. The molecule has 0 saturated heterocycles. The van der Waals surface area contributed by atoms with Crippen molar-refractivity contribution in [2.24, 2.45) is 0 Å². The van der Waals surface area contributed by atoms with Gasteiger partial charge < -0.3 is 15.0 Å². The Bertz CT molecular complexity index is 794. The molecule has 1 aromatic heterocycles. The molecular weight excluding hydrogens is 302 g/mol. The SMILES string of the molecule is COc1ccccc1CNc1nncc(N(C)c2ccccc2)n1. The minimum atomic E-state index is 0.473. The number of rotatable bonds is 6. The van der Waals surface area contributed by atoms with Gasteiger partial charge in [0.25, 0.3) is 0 Å². The van der Waals surface area contributed by atoms with Crippen LogP contribution in [0.1, 0.15) is 5.56 Å². The number of benzene rings is 2. The van der Waals surface area contributed by atoms with E-state index in [0.29, 0.717) is 12.5 Å². The molecule has 0 bridgehead atoms. The van der Waals surface area contributed by atoms with E-state index >= 15 is 0 Å². The van der Waals surface area contributed by atoms with Crippen LogP contribution in [-0.2, 0) is 6.54 Å². The second-order valence-corrected chi connectivity index (χ2v) is 5.20. The fraction of sp³-hybridized carbons (Fsp3) is 0.167. The molecule has 0 unspecified atom stereocenters. The third-order valence-corrected chi connectivity index (χ3v) is 3.66. The first-order chi connectivity index (χ1) is 11.8. The summed E-state index contributed by atoms with van der Waals surface area (Å²) in [5.41, 5.74) is 2.07. The maximum Gasteiger partial charge on any atom is 0.244 e. The maximum atomic E-state index is 5.35. The van der Waals surface area contributed by atoms with Gasteiger partial charge in [0.2, 0.25) is 5.95 Å². The molecule has 3 rings (SSSR count). The minimum absolute atomic E-state index is 0.473. The van der Waals surface area contributed by atoms with Crippen LogP contribution in [0, 0.1) is 0 Å². The van der Waals surface area contributed by atoms with Gasteiger partial charge in [0.05, 0.1) is 13.3 Å². The first kappa shape index (κ1) is 15.7. The summed E-state index contributed by atoms with van der Waals surface area (Å²) in [5.74, 6) is 2.02. The molecule has 24 heavy (non-hydrogen) atoms. The fourth-order valence-corrected chi connectivity index (χ4v) is 2.34. The lowest BCUT2D eigenvalue weighted by Gasteiger charge is -2.18. The summed E-state index contributed by atoms with van der Waals surface area (Å²) >= 11 is 0. The highest BCUT2D eigenvalue weighted by molar-refractivity contribution is 5.58. The Labute approximate surface area is 141 Å². The molecule has 6 nitrogen and oxygen atoms in total. The molecule has 0 atom stereocenters. The highest BCUT2D eigenvalue weighted by atomic mass is 16.5. The number of ether oxygens (including phenoxy) is 1. The van der Waals surface area contributed by atoms with Crippen LogP contribution in [0.2, 0.25) is 0 Å². The molecule has 0 radical (unpaired) electrons. The fourth-order valence-electron chi connectivity index (χ4n) is 2.34. The molecule has 0 spiro atoms. The van der Waals surface area contributed by atoms with E-state index < -0.39 is 0 Å². The van der Waals surface area contributed by atoms with E-state index in [1.54, 1.807) is 13.3 Å². The van der Waals surface area contributed by atoms with Gasteiger partial charge in [-0.3, -0.25) is 0 Å². The predicted octanol–water partition coefficient (Wildman–Crippen LogP) is 3.26. The first-order valence-corrected chi connectivity index (χ1v) is 7.62. The molecule has 0 amide bonds.